The molecule has 0 atom stereocenters. The second-order valence-electron chi connectivity index (χ2n) is 5.18. The van der Waals surface area contributed by atoms with Gasteiger partial charge in [-0.2, -0.15) is 13.2 Å². The molecule has 22 heavy (non-hydrogen) atoms. The third-order valence-corrected chi connectivity index (χ3v) is 3.60. The van der Waals surface area contributed by atoms with Crippen LogP contribution in [-0.4, -0.2) is 0 Å². The van der Waals surface area contributed by atoms with Crippen LogP contribution in [0.1, 0.15) is 23.6 Å². The molecule has 3 rings (SSSR count). The number of hydrogen-bond acceptors (Lipinski definition) is 2. The topological polar surface area (TPSA) is 24.7 Å². The summed E-state index contributed by atoms with van der Waals surface area (Å²) in [5, 5.41) is 7.95. The van der Waals surface area contributed by atoms with Gasteiger partial charge in [-0.3, -0.25) is 0 Å². The lowest BCUT2D eigenvalue weighted by Crippen LogP contribution is -2.04. The molecule has 0 saturated heterocycles. The SMILES string of the molecule is CC1=C(N=Nc2ccccc2C(F)(F)F)c2ccccc2C1. The Morgan fingerprint density at radius 2 is 1.59 bits per heavy atom. The molecular weight excluding hydrogens is 289 g/mol. The predicted octanol–water partition coefficient (Wildman–Crippen LogP) is 5.78. The first-order valence-corrected chi connectivity index (χ1v) is 6.83. The van der Waals surface area contributed by atoms with Gasteiger partial charge < -0.3 is 0 Å². The molecule has 0 fully saturated rings. The van der Waals surface area contributed by atoms with Gasteiger partial charge >= 0.3 is 6.18 Å². The summed E-state index contributed by atoms with van der Waals surface area (Å²) in [4.78, 5) is 0. The molecule has 2 aromatic carbocycles. The van der Waals surface area contributed by atoms with Crippen LogP contribution in [0.3, 0.4) is 0 Å². The number of rotatable bonds is 2. The number of nitrogens with zero attached hydrogens (tertiary/aromatic N) is 2. The van der Waals surface area contributed by atoms with Crippen molar-refractivity contribution in [3.05, 3.63) is 70.8 Å². The van der Waals surface area contributed by atoms with E-state index in [4.69, 9.17) is 0 Å². The van der Waals surface area contributed by atoms with E-state index in [9.17, 15) is 13.2 Å². The normalized spacial score (nSPS) is 14.7. The van der Waals surface area contributed by atoms with E-state index in [1.54, 1.807) is 0 Å². The Morgan fingerprint density at radius 3 is 2.36 bits per heavy atom. The molecule has 1 aliphatic rings. The van der Waals surface area contributed by atoms with Crippen molar-refractivity contribution in [2.24, 2.45) is 10.2 Å². The van der Waals surface area contributed by atoms with Gasteiger partial charge in [-0.05, 0) is 36.6 Å². The Hall–Kier alpha value is -2.43. The van der Waals surface area contributed by atoms with Gasteiger partial charge in [0, 0.05) is 5.56 Å². The highest BCUT2D eigenvalue weighted by atomic mass is 19.4. The van der Waals surface area contributed by atoms with E-state index in [-0.39, 0.29) is 5.69 Å². The maximum Gasteiger partial charge on any atom is 0.418 e. The van der Waals surface area contributed by atoms with Gasteiger partial charge in [0.05, 0.1) is 16.9 Å². The van der Waals surface area contributed by atoms with Crippen LogP contribution in [0.25, 0.3) is 5.70 Å². The lowest BCUT2D eigenvalue weighted by molar-refractivity contribution is -0.137. The Kier molecular flexibility index (Phi) is 3.56. The summed E-state index contributed by atoms with van der Waals surface area (Å²) in [7, 11) is 0. The van der Waals surface area contributed by atoms with E-state index in [1.165, 1.54) is 18.2 Å². The molecule has 2 nitrogen and oxygen atoms in total. The number of fused-ring (bicyclic) bond motifs is 1. The van der Waals surface area contributed by atoms with E-state index in [1.807, 2.05) is 31.2 Å². The Bertz CT molecular complexity index is 773. The largest absolute Gasteiger partial charge is 0.418 e. The standard InChI is InChI=1S/C17H13F3N2/c1-11-10-12-6-2-3-7-13(12)16(11)22-21-15-9-5-4-8-14(15)17(18,19)20/h2-9H,10H2,1H3. The first kappa shape index (κ1) is 14.5. The number of alkyl halides is 3. The van der Waals surface area contributed by atoms with Gasteiger partial charge in [0.15, 0.2) is 0 Å². The van der Waals surface area contributed by atoms with Crippen molar-refractivity contribution in [1.29, 1.82) is 0 Å². The van der Waals surface area contributed by atoms with Gasteiger partial charge in [-0.15, -0.1) is 10.2 Å². The summed E-state index contributed by atoms with van der Waals surface area (Å²) in [6.45, 7) is 1.92. The van der Waals surface area contributed by atoms with Crippen LogP contribution in [0.5, 0.6) is 0 Å². The number of azo groups is 1. The average molecular weight is 302 g/mol. The van der Waals surface area contributed by atoms with Crippen LogP contribution in [0.4, 0.5) is 18.9 Å². The highest BCUT2D eigenvalue weighted by molar-refractivity contribution is 5.75. The first-order chi connectivity index (χ1) is 10.5. The second-order valence-corrected chi connectivity index (χ2v) is 5.18. The smallest absolute Gasteiger partial charge is 0.166 e. The summed E-state index contributed by atoms with van der Waals surface area (Å²) in [5.74, 6) is 0. The summed E-state index contributed by atoms with van der Waals surface area (Å²) in [5.41, 5.74) is 2.79. The molecule has 0 saturated carbocycles. The molecule has 112 valence electrons. The number of benzene rings is 2. The molecule has 0 radical (unpaired) electrons. The highest BCUT2D eigenvalue weighted by Gasteiger charge is 2.33. The van der Waals surface area contributed by atoms with Crippen LogP contribution in [0, 0.1) is 0 Å². The van der Waals surface area contributed by atoms with Gasteiger partial charge in [0.2, 0.25) is 0 Å². The lowest BCUT2D eigenvalue weighted by Gasteiger charge is -2.08. The molecule has 0 amide bonds. The molecular formula is C17H13F3N2. The molecule has 1 aliphatic carbocycles. The van der Waals surface area contributed by atoms with E-state index in [0.29, 0.717) is 5.70 Å². The van der Waals surface area contributed by atoms with Crippen LogP contribution < -0.4 is 0 Å². The predicted molar refractivity (Wildman–Crippen MR) is 78.7 cm³/mol. The van der Waals surface area contributed by atoms with E-state index in [2.05, 4.69) is 10.2 Å². The maximum atomic E-state index is 13.0. The molecule has 0 unspecified atom stereocenters. The Balaban J connectivity index is 1.98. The van der Waals surface area contributed by atoms with Crippen LogP contribution >= 0.6 is 0 Å². The molecule has 0 heterocycles. The van der Waals surface area contributed by atoms with Gasteiger partial charge in [0.25, 0.3) is 0 Å². The molecule has 0 aromatic heterocycles. The summed E-state index contributed by atoms with van der Waals surface area (Å²) < 4.78 is 38.9. The molecule has 0 spiro atoms. The zero-order valence-corrected chi connectivity index (χ0v) is 11.9. The zero-order valence-electron chi connectivity index (χ0n) is 11.9. The fourth-order valence-electron chi connectivity index (χ4n) is 2.55. The third-order valence-electron chi connectivity index (χ3n) is 3.60. The van der Waals surface area contributed by atoms with E-state index >= 15 is 0 Å². The van der Waals surface area contributed by atoms with Crippen molar-refractivity contribution < 1.29 is 13.2 Å². The summed E-state index contributed by atoms with van der Waals surface area (Å²) >= 11 is 0. The lowest BCUT2D eigenvalue weighted by atomic mass is 10.1. The second kappa shape index (κ2) is 5.40. The van der Waals surface area contributed by atoms with Crippen molar-refractivity contribution in [2.75, 3.05) is 0 Å². The van der Waals surface area contributed by atoms with Gasteiger partial charge in [-0.1, -0.05) is 36.4 Å². The molecule has 2 aromatic rings. The van der Waals surface area contributed by atoms with Crippen molar-refractivity contribution in [3.63, 3.8) is 0 Å². The molecule has 0 bridgehead atoms. The van der Waals surface area contributed by atoms with Crippen molar-refractivity contribution in [3.8, 4) is 0 Å². The van der Waals surface area contributed by atoms with Crippen LogP contribution in [-0.2, 0) is 12.6 Å². The van der Waals surface area contributed by atoms with Crippen molar-refractivity contribution in [2.45, 2.75) is 19.5 Å². The van der Waals surface area contributed by atoms with Gasteiger partial charge in [-0.25, -0.2) is 0 Å². The van der Waals surface area contributed by atoms with E-state index in [0.717, 1.165) is 29.2 Å². The summed E-state index contributed by atoms with van der Waals surface area (Å²) in [6.07, 6.45) is -3.68. The number of hydrogen-bond donors (Lipinski definition) is 0. The molecule has 5 heteroatoms. The monoisotopic (exact) mass is 302 g/mol. The molecule has 0 aliphatic heterocycles. The van der Waals surface area contributed by atoms with Crippen molar-refractivity contribution >= 4 is 11.4 Å². The van der Waals surface area contributed by atoms with Gasteiger partial charge in [0.1, 0.15) is 0 Å². The van der Waals surface area contributed by atoms with Crippen LogP contribution in [0.2, 0.25) is 0 Å². The minimum atomic E-state index is -4.44. The molecule has 0 N–H and O–H groups in total. The first-order valence-electron chi connectivity index (χ1n) is 6.83. The number of allylic oxidation sites excluding steroid dienone is 1. The quantitative estimate of drug-likeness (QED) is 0.628. The Labute approximate surface area is 126 Å². The minimum Gasteiger partial charge on any atom is -0.166 e. The zero-order chi connectivity index (χ0) is 15.7. The third kappa shape index (κ3) is 2.66. The summed E-state index contributed by atoms with van der Waals surface area (Å²) in [6, 6.07) is 12.9. The van der Waals surface area contributed by atoms with E-state index < -0.39 is 11.7 Å². The fourth-order valence-corrected chi connectivity index (χ4v) is 2.55. The number of halogens is 3. The fraction of sp³-hybridized carbons (Fsp3) is 0.176. The van der Waals surface area contributed by atoms with Crippen molar-refractivity contribution in [1.82, 2.24) is 0 Å². The average Bonchev–Trinajstić information content (AvgIpc) is 2.80. The van der Waals surface area contributed by atoms with Crippen LogP contribution in [0.15, 0.2) is 64.3 Å². The minimum absolute atomic E-state index is 0.167. The highest BCUT2D eigenvalue weighted by Crippen LogP contribution is 2.38. The maximum absolute atomic E-state index is 13.0. The Morgan fingerprint density at radius 1 is 0.909 bits per heavy atom.